The zero-order chi connectivity index (χ0) is 15.0. The second-order valence-corrected chi connectivity index (χ2v) is 6.33. The fraction of sp³-hybridized carbons (Fsp3) is 0. The number of nitrogens with zero attached hydrogens (tertiary/aromatic N) is 1. The fourth-order valence-electron chi connectivity index (χ4n) is 2.02. The topological polar surface area (TPSA) is 54.9 Å². The van der Waals surface area contributed by atoms with Gasteiger partial charge in [0.2, 0.25) is 0 Å². The highest BCUT2D eigenvalue weighted by Gasteiger charge is 2.16. The van der Waals surface area contributed by atoms with Gasteiger partial charge in [-0.15, -0.1) is 0 Å². The van der Waals surface area contributed by atoms with Crippen LogP contribution in [0.15, 0.2) is 55.2 Å². The van der Waals surface area contributed by atoms with Gasteiger partial charge in [-0.3, -0.25) is 9.78 Å². The standard InChI is InChI=1S/C14H8BrClN2O2S/c15-9-3-1-2-8(6-9)11-12(16)17-14(20)18(13(11)19)10-4-5-21-7-10/h1-7H,(H,17,20). The molecule has 106 valence electrons. The summed E-state index contributed by atoms with van der Waals surface area (Å²) in [5.74, 6) is 0. The molecule has 0 saturated carbocycles. The van der Waals surface area contributed by atoms with Gasteiger partial charge < -0.3 is 0 Å². The molecular weight excluding hydrogens is 376 g/mol. The molecule has 3 aromatic rings. The molecule has 0 aliphatic heterocycles. The lowest BCUT2D eigenvalue weighted by Crippen LogP contribution is -2.34. The molecule has 21 heavy (non-hydrogen) atoms. The summed E-state index contributed by atoms with van der Waals surface area (Å²) < 4.78 is 1.90. The van der Waals surface area contributed by atoms with E-state index in [1.165, 1.54) is 11.3 Å². The maximum absolute atomic E-state index is 12.7. The summed E-state index contributed by atoms with van der Waals surface area (Å²) >= 11 is 10.8. The summed E-state index contributed by atoms with van der Waals surface area (Å²) in [4.78, 5) is 27.2. The molecule has 0 atom stereocenters. The van der Waals surface area contributed by atoms with E-state index >= 15 is 0 Å². The average Bonchev–Trinajstić information content (AvgIpc) is 2.92. The number of halogens is 2. The molecule has 1 aromatic carbocycles. The second kappa shape index (κ2) is 5.63. The zero-order valence-corrected chi connectivity index (χ0v) is 13.6. The quantitative estimate of drug-likeness (QED) is 0.687. The van der Waals surface area contributed by atoms with Gasteiger partial charge in [-0.05, 0) is 29.1 Å². The van der Waals surface area contributed by atoms with Crippen LogP contribution in [0, 0.1) is 0 Å². The van der Waals surface area contributed by atoms with Crippen molar-refractivity contribution < 1.29 is 0 Å². The molecule has 0 saturated heterocycles. The van der Waals surface area contributed by atoms with Gasteiger partial charge >= 0.3 is 5.69 Å². The third-order valence-electron chi connectivity index (χ3n) is 2.93. The average molecular weight is 384 g/mol. The van der Waals surface area contributed by atoms with Gasteiger partial charge in [-0.25, -0.2) is 9.36 Å². The summed E-state index contributed by atoms with van der Waals surface area (Å²) in [7, 11) is 0. The predicted molar refractivity (Wildman–Crippen MR) is 88.7 cm³/mol. The van der Waals surface area contributed by atoms with Crippen LogP contribution in [0.1, 0.15) is 0 Å². The molecule has 1 N–H and O–H groups in total. The van der Waals surface area contributed by atoms with E-state index in [1.807, 2.05) is 6.07 Å². The SMILES string of the molecule is O=c1[nH]c(Cl)c(-c2cccc(Br)c2)c(=O)n1-c1ccsc1. The third-order valence-corrected chi connectivity index (χ3v) is 4.38. The van der Waals surface area contributed by atoms with Crippen LogP contribution in [-0.4, -0.2) is 9.55 Å². The highest BCUT2D eigenvalue weighted by Crippen LogP contribution is 2.25. The Hall–Kier alpha value is -1.63. The van der Waals surface area contributed by atoms with Crippen molar-refractivity contribution in [2.24, 2.45) is 0 Å². The number of aromatic amines is 1. The number of nitrogens with one attached hydrogen (secondary N) is 1. The molecular formula is C14H8BrClN2O2S. The zero-order valence-electron chi connectivity index (χ0n) is 10.5. The van der Waals surface area contributed by atoms with Crippen molar-refractivity contribution in [2.75, 3.05) is 0 Å². The Morgan fingerprint density at radius 2 is 2.05 bits per heavy atom. The molecule has 3 rings (SSSR count). The van der Waals surface area contributed by atoms with Gasteiger partial charge in [0.25, 0.3) is 5.56 Å². The van der Waals surface area contributed by atoms with Crippen LogP contribution in [0.2, 0.25) is 5.15 Å². The first-order chi connectivity index (χ1) is 10.1. The molecule has 0 aliphatic carbocycles. The monoisotopic (exact) mass is 382 g/mol. The number of aromatic nitrogens is 2. The number of rotatable bonds is 2. The Balaban J connectivity index is 2.35. The molecule has 0 spiro atoms. The summed E-state index contributed by atoms with van der Waals surface area (Å²) in [6, 6.07) is 8.90. The first-order valence-corrected chi connectivity index (χ1v) is 8.02. The van der Waals surface area contributed by atoms with Gasteiger partial charge in [0.15, 0.2) is 0 Å². The summed E-state index contributed by atoms with van der Waals surface area (Å²) in [5.41, 5.74) is 0.435. The molecule has 0 unspecified atom stereocenters. The smallest absolute Gasteiger partial charge is 0.297 e. The number of benzene rings is 1. The normalized spacial score (nSPS) is 10.8. The van der Waals surface area contributed by atoms with E-state index in [9.17, 15) is 9.59 Å². The van der Waals surface area contributed by atoms with Gasteiger partial charge in [0.05, 0.1) is 11.3 Å². The Morgan fingerprint density at radius 3 is 2.71 bits per heavy atom. The van der Waals surface area contributed by atoms with Gasteiger partial charge in [-0.2, -0.15) is 11.3 Å². The number of hydrogen-bond donors (Lipinski definition) is 1. The third kappa shape index (κ3) is 2.62. The number of hydrogen-bond acceptors (Lipinski definition) is 3. The maximum atomic E-state index is 12.7. The molecule has 0 fully saturated rings. The molecule has 0 amide bonds. The van der Waals surface area contributed by atoms with Crippen LogP contribution in [0.5, 0.6) is 0 Å². The van der Waals surface area contributed by atoms with Crippen LogP contribution >= 0.6 is 38.9 Å². The van der Waals surface area contributed by atoms with E-state index in [0.29, 0.717) is 11.3 Å². The van der Waals surface area contributed by atoms with Crippen molar-refractivity contribution in [3.05, 3.63) is 71.6 Å². The van der Waals surface area contributed by atoms with E-state index in [0.717, 1.165) is 9.04 Å². The Bertz CT molecular complexity index is 915. The molecule has 0 radical (unpaired) electrons. The predicted octanol–water partition coefficient (Wildman–Crippen LogP) is 3.67. The summed E-state index contributed by atoms with van der Waals surface area (Å²) in [5, 5.41) is 3.57. The molecule has 0 bridgehead atoms. The Morgan fingerprint density at radius 1 is 1.24 bits per heavy atom. The van der Waals surface area contributed by atoms with E-state index < -0.39 is 11.2 Å². The second-order valence-electron chi connectivity index (χ2n) is 4.25. The largest absolute Gasteiger partial charge is 0.334 e. The highest BCUT2D eigenvalue weighted by atomic mass is 79.9. The highest BCUT2D eigenvalue weighted by molar-refractivity contribution is 9.10. The van der Waals surface area contributed by atoms with E-state index in [2.05, 4.69) is 20.9 Å². The van der Waals surface area contributed by atoms with Crippen molar-refractivity contribution in [2.45, 2.75) is 0 Å². The van der Waals surface area contributed by atoms with Crippen LogP contribution < -0.4 is 11.2 Å². The van der Waals surface area contributed by atoms with Crippen molar-refractivity contribution in [1.82, 2.24) is 9.55 Å². The minimum absolute atomic E-state index is 0.0366. The first-order valence-electron chi connectivity index (χ1n) is 5.91. The van der Waals surface area contributed by atoms with E-state index in [-0.39, 0.29) is 10.7 Å². The minimum Gasteiger partial charge on any atom is -0.297 e. The van der Waals surface area contributed by atoms with Gasteiger partial charge in [-0.1, -0.05) is 39.7 Å². The van der Waals surface area contributed by atoms with E-state index in [1.54, 1.807) is 35.0 Å². The van der Waals surface area contributed by atoms with Crippen LogP contribution in [-0.2, 0) is 0 Å². The molecule has 2 aromatic heterocycles. The molecule has 0 aliphatic rings. The van der Waals surface area contributed by atoms with Crippen molar-refractivity contribution in [3.63, 3.8) is 0 Å². The summed E-state index contributed by atoms with van der Waals surface area (Å²) in [6.07, 6.45) is 0. The van der Waals surface area contributed by atoms with Crippen LogP contribution in [0.4, 0.5) is 0 Å². The molecule has 2 heterocycles. The van der Waals surface area contributed by atoms with Crippen molar-refractivity contribution in [3.8, 4) is 16.8 Å². The molecule has 4 nitrogen and oxygen atoms in total. The van der Waals surface area contributed by atoms with Crippen molar-refractivity contribution >= 4 is 38.9 Å². The number of H-pyrrole nitrogens is 1. The first kappa shape index (κ1) is 14.3. The number of thiophene rings is 1. The lowest BCUT2D eigenvalue weighted by atomic mass is 10.1. The Kier molecular flexibility index (Phi) is 3.84. The van der Waals surface area contributed by atoms with Crippen LogP contribution in [0.3, 0.4) is 0 Å². The van der Waals surface area contributed by atoms with Gasteiger partial charge in [0.1, 0.15) is 5.15 Å². The van der Waals surface area contributed by atoms with Crippen molar-refractivity contribution in [1.29, 1.82) is 0 Å². The van der Waals surface area contributed by atoms with Gasteiger partial charge in [0, 0.05) is 9.85 Å². The maximum Gasteiger partial charge on any atom is 0.334 e. The lowest BCUT2D eigenvalue weighted by Gasteiger charge is -2.08. The fourth-order valence-corrected chi connectivity index (χ4v) is 3.31. The summed E-state index contributed by atoms with van der Waals surface area (Å²) in [6.45, 7) is 0. The molecule has 7 heteroatoms. The van der Waals surface area contributed by atoms with Crippen LogP contribution in [0.25, 0.3) is 16.8 Å². The minimum atomic E-state index is -0.554. The lowest BCUT2D eigenvalue weighted by molar-refractivity contribution is 0.883. The Labute approximate surface area is 136 Å². The van der Waals surface area contributed by atoms with E-state index in [4.69, 9.17) is 11.6 Å².